The van der Waals surface area contributed by atoms with Crippen molar-refractivity contribution in [2.24, 2.45) is 0 Å². The van der Waals surface area contributed by atoms with Gasteiger partial charge in [0.2, 0.25) is 21.8 Å². The molecule has 0 heterocycles. The molecule has 30 heavy (non-hydrogen) atoms. The van der Waals surface area contributed by atoms with Gasteiger partial charge in [0.05, 0.1) is 11.9 Å². The van der Waals surface area contributed by atoms with E-state index in [0.29, 0.717) is 16.6 Å². The van der Waals surface area contributed by atoms with Gasteiger partial charge < -0.3 is 10.2 Å². The van der Waals surface area contributed by atoms with Crippen molar-refractivity contribution in [2.45, 2.75) is 25.9 Å². The summed E-state index contributed by atoms with van der Waals surface area (Å²) in [5.74, 6) is -0.760. The van der Waals surface area contributed by atoms with E-state index in [1.807, 2.05) is 37.3 Å². The van der Waals surface area contributed by atoms with Crippen LogP contribution in [0.3, 0.4) is 0 Å². The SMILES string of the molecule is CC[C@@H](C(=O)NC)N(Cc1ccccc1)C(=O)CN(c1ccccc1Br)S(C)(=O)=O. The largest absolute Gasteiger partial charge is 0.357 e. The predicted molar refractivity (Wildman–Crippen MR) is 121 cm³/mol. The minimum atomic E-state index is -3.74. The monoisotopic (exact) mass is 495 g/mol. The number of benzene rings is 2. The lowest BCUT2D eigenvalue weighted by Gasteiger charge is -2.32. The maximum absolute atomic E-state index is 13.3. The average molecular weight is 496 g/mol. The molecule has 0 radical (unpaired) electrons. The van der Waals surface area contributed by atoms with E-state index < -0.39 is 28.5 Å². The molecule has 0 aliphatic rings. The standard InChI is InChI=1S/C21H26BrN3O4S/c1-4-18(21(27)23-2)24(14-16-10-6-5-7-11-16)20(26)15-25(30(3,28)29)19-13-9-8-12-17(19)22/h5-13,18H,4,14-15H2,1-3H3,(H,23,27)/t18-/m0/s1. The summed E-state index contributed by atoms with van der Waals surface area (Å²) >= 11 is 3.35. The van der Waals surface area contributed by atoms with Gasteiger partial charge in [-0.3, -0.25) is 13.9 Å². The Morgan fingerprint density at radius 3 is 2.20 bits per heavy atom. The Labute approximate surface area is 186 Å². The molecule has 1 N–H and O–H groups in total. The third kappa shape index (κ3) is 6.06. The van der Waals surface area contributed by atoms with Gasteiger partial charge in [-0.25, -0.2) is 8.42 Å². The van der Waals surface area contributed by atoms with E-state index in [9.17, 15) is 18.0 Å². The number of nitrogens with one attached hydrogen (secondary N) is 1. The van der Waals surface area contributed by atoms with E-state index in [2.05, 4.69) is 21.2 Å². The van der Waals surface area contributed by atoms with Crippen molar-refractivity contribution >= 4 is 43.5 Å². The summed E-state index contributed by atoms with van der Waals surface area (Å²) in [6.07, 6.45) is 1.45. The van der Waals surface area contributed by atoms with Gasteiger partial charge in [-0.05, 0) is 40.0 Å². The van der Waals surface area contributed by atoms with E-state index >= 15 is 0 Å². The van der Waals surface area contributed by atoms with Crippen LogP contribution in [0, 0.1) is 0 Å². The number of likely N-dealkylation sites (N-methyl/N-ethyl adjacent to an activating group) is 1. The van der Waals surface area contributed by atoms with Gasteiger partial charge in [0, 0.05) is 18.1 Å². The van der Waals surface area contributed by atoms with Crippen LogP contribution in [-0.2, 0) is 26.2 Å². The minimum Gasteiger partial charge on any atom is -0.357 e. The Kier molecular flexibility index (Phi) is 8.43. The van der Waals surface area contributed by atoms with Crippen LogP contribution in [0.15, 0.2) is 59.1 Å². The van der Waals surface area contributed by atoms with Crippen molar-refractivity contribution in [1.82, 2.24) is 10.2 Å². The number of carbonyl (C=O) groups excluding carboxylic acids is 2. The van der Waals surface area contributed by atoms with Crippen LogP contribution in [0.5, 0.6) is 0 Å². The first kappa shape index (κ1) is 23.9. The fraction of sp³-hybridized carbons (Fsp3) is 0.333. The Balaban J connectivity index is 2.42. The van der Waals surface area contributed by atoms with Crippen molar-refractivity contribution in [3.05, 3.63) is 64.6 Å². The summed E-state index contributed by atoms with van der Waals surface area (Å²) in [5.41, 5.74) is 1.21. The van der Waals surface area contributed by atoms with E-state index in [1.165, 1.54) is 11.9 Å². The molecule has 0 aromatic heterocycles. The van der Waals surface area contributed by atoms with Crippen LogP contribution in [0.2, 0.25) is 0 Å². The zero-order chi connectivity index (χ0) is 22.3. The lowest BCUT2D eigenvalue weighted by Crippen LogP contribution is -2.51. The molecule has 0 saturated carbocycles. The van der Waals surface area contributed by atoms with Gasteiger partial charge in [0.15, 0.2) is 0 Å². The van der Waals surface area contributed by atoms with Crippen molar-refractivity contribution < 1.29 is 18.0 Å². The molecule has 0 bridgehead atoms. The highest BCUT2D eigenvalue weighted by molar-refractivity contribution is 9.10. The number of rotatable bonds is 9. The van der Waals surface area contributed by atoms with E-state index in [4.69, 9.17) is 0 Å². The quantitative estimate of drug-likeness (QED) is 0.579. The molecule has 162 valence electrons. The summed E-state index contributed by atoms with van der Waals surface area (Å²) in [5, 5.41) is 2.59. The van der Waals surface area contributed by atoms with Gasteiger partial charge in [0.1, 0.15) is 12.6 Å². The van der Waals surface area contributed by atoms with E-state index in [-0.39, 0.29) is 12.5 Å². The van der Waals surface area contributed by atoms with Gasteiger partial charge in [-0.2, -0.15) is 0 Å². The van der Waals surface area contributed by atoms with E-state index in [1.54, 1.807) is 24.3 Å². The molecular weight excluding hydrogens is 470 g/mol. The zero-order valence-corrected chi connectivity index (χ0v) is 19.6. The van der Waals surface area contributed by atoms with E-state index in [0.717, 1.165) is 16.1 Å². The highest BCUT2D eigenvalue weighted by atomic mass is 79.9. The molecule has 0 fully saturated rings. The Morgan fingerprint density at radius 1 is 1.07 bits per heavy atom. The third-order valence-corrected chi connectivity index (χ3v) is 6.43. The molecule has 0 aliphatic heterocycles. The third-order valence-electron chi connectivity index (χ3n) is 4.63. The topological polar surface area (TPSA) is 86.8 Å². The molecule has 9 heteroatoms. The summed E-state index contributed by atoms with van der Waals surface area (Å²) in [7, 11) is -2.23. The van der Waals surface area contributed by atoms with Crippen LogP contribution in [0.4, 0.5) is 5.69 Å². The number of anilines is 1. The molecule has 2 rings (SSSR count). The summed E-state index contributed by atoms with van der Waals surface area (Å²) < 4.78 is 26.6. The molecule has 0 unspecified atom stereocenters. The number of para-hydroxylation sites is 1. The van der Waals surface area contributed by atoms with Crippen LogP contribution in [0.1, 0.15) is 18.9 Å². The first-order valence-corrected chi connectivity index (χ1v) is 12.1. The van der Waals surface area contributed by atoms with Crippen LogP contribution >= 0.6 is 15.9 Å². The molecule has 2 amide bonds. The summed E-state index contributed by atoms with van der Waals surface area (Å²) in [6.45, 7) is 1.59. The fourth-order valence-corrected chi connectivity index (χ4v) is 4.59. The second-order valence-electron chi connectivity index (χ2n) is 6.77. The second kappa shape index (κ2) is 10.6. The molecule has 7 nitrogen and oxygen atoms in total. The molecule has 2 aromatic rings. The Morgan fingerprint density at radius 2 is 1.67 bits per heavy atom. The number of carbonyl (C=O) groups is 2. The number of halogens is 1. The van der Waals surface area contributed by atoms with Crippen LogP contribution < -0.4 is 9.62 Å². The highest BCUT2D eigenvalue weighted by Gasteiger charge is 2.31. The molecular formula is C21H26BrN3O4S. The number of hydrogen-bond donors (Lipinski definition) is 1. The molecule has 0 aliphatic carbocycles. The van der Waals surface area contributed by atoms with Crippen LogP contribution in [0.25, 0.3) is 0 Å². The first-order chi connectivity index (χ1) is 14.2. The maximum atomic E-state index is 13.3. The molecule has 0 saturated heterocycles. The van der Waals surface area contributed by atoms with Crippen LogP contribution in [-0.4, -0.2) is 51.0 Å². The number of amides is 2. The number of sulfonamides is 1. The Bertz CT molecular complexity index is 983. The predicted octanol–water partition coefficient (Wildman–Crippen LogP) is 2.77. The summed E-state index contributed by atoms with van der Waals surface area (Å²) in [4.78, 5) is 27.2. The lowest BCUT2D eigenvalue weighted by molar-refractivity contribution is -0.140. The average Bonchev–Trinajstić information content (AvgIpc) is 2.72. The van der Waals surface area contributed by atoms with Gasteiger partial charge in [-0.15, -0.1) is 0 Å². The molecule has 0 spiro atoms. The Hall–Kier alpha value is -2.39. The summed E-state index contributed by atoms with van der Waals surface area (Å²) in [6, 6.07) is 15.4. The van der Waals surface area contributed by atoms with Gasteiger partial charge in [-0.1, -0.05) is 49.4 Å². The molecule has 2 aromatic carbocycles. The number of hydrogen-bond acceptors (Lipinski definition) is 4. The zero-order valence-electron chi connectivity index (χ0n) is 17.2. The second-order valence-corrected chi connectivity index (χ2v) is 9.53. The molecule has 1 atom stereocenters. The van der Waals surface area contributed by atoms with Crippen molar-refractivity contribution in [1.29, 1.82) is 0 Å². The van der Waals surface area contributed by atoms with Crippen molar-refractivity contribution in [3.8, 4) is 0 Å². The maximum Gasteiger partial charge on any atom is 0.244 e. The fourth-order valence-electron chi connectivity index (χ4n) is 3.11. The lowest BCUT2D eigenvalue weighted by atomic mass is 10.1. The van der Waals surface area contributed by atoms with Crippen molar-refractivity contribution in [3.63, 3.8) is 0 Å². The van der Waals surface area contributed by atoms with Crippen molar-refractivity contribution in [2.75, 3.05) is 24.2 Å². The minimum absolute atomic E-state index is 0.194. The first-order valence-electron chi connectivity index (χ1n) is 9.46. The number of nitrogens with zero attached hydrogens (tertiary/aromatic N) is 2. The highest BCUT2D eigenvalue weighted by Crippen LogP contribution is 2.28. The normalized spacial score (nSPS) is 12.1. The smallest absolute Gasteiger partial charge is 0.244 e. The van der Waals surface area contributed by atoms with Gasteiger partial charge in [0.25, 0.3) is 0 Å². The van der Waals surface area contributed by atoms with Gasteiger partial charge >= 0.3 is 0 Å².